The number of benzene rings is 2. The Bertz CT molecular complexity index is 818. The van der Waals surface area contributed by atoms with Gasteiger partial charge in [0.15, 0.2) is 10.7 Å². The number of carbonyl (C=O) groups is 1. The molecule has 0 aromatic heterocycles. The van der Waals surface area contributed by atoms with Crippen LogP contribution in [0, 0.1) is 27.7 Å². The molecule has 5 nitrogen and oxygen atoms in total. The second kappa shape index (κ2) is 6.83. The number of hydrogen-bond acceptors (Lipinski definition) is 4. The van der Waals surface area contributed by atoms with Crippen molar-refractivity contribution in [1.82, 2.24) is 0 Å². The highest BCUT2D eigenvalue weighted by Gasteiger charge is 2.18. The molecule has 1 N–H and O–H groups in total. The number of anilines is 1. The fraction of sp³-hybridized carbons (Fsp3) is 0.235. The molecule has 0 heterocycles. The molecule has 0 bridgehead atoms. The molecule has 0 saturated heterocycles. The molecule has 0 aliphatic rings. The van der Waals surface area contributed by atoms with E-state index in [2.05, 4.69) is 5.32 Å². The monoisotopic (exact) mass is 333 g/mol. The summed E-state index contributed by atoms with van der Waals surface area (Å²) >= 11 is 0. The minimum absolute atomic E-state index is 0.248. The van der Waals surface area contributed by atoms with E-state index in [0.29, 0.717) is 22.6 Å². The first kappa shape index (κ1) is 17.0. The first-order chi connectivity index (χ1) is 10.8. The Morgan fingerprint density at radius 1 is 0.913 bits per heavy atom. The lowest BCUT2D eigenvalue weighted by Crippen LogP contribution is -2.19. The molecule has 0 aliphatic heterocycles. The maximum Gasteiger partial charge on any atom is 0.417 e. The van der Waals surface area contributed by atoms with Crippen LogP contribution in [0.25, 0.3) is 0 Å². The highest BCUT2D eigenvalue weighted by Crippen LogP contribution is 2.31. The van der Waals surface area contributed by atoms with Crippen molar-refractivity contribution in [3.8, 4) is 5.75 Å². The maximum atomic E-state index is 12.1. The molecule has 2 aromatic rings. The zero-order valence-corrected chi connectivity index (χ0v) is 14.4. The summed E-state index contributed by atoms with van der Waals surface area (Å²) in [7, 11) is -2.75. The van der Waals surface area contributed by atoms with Gasteiger partial charge in [0, 0.05) is 0 Å². The summed E-state index contributed by atoms with van der Waals surface area (Å²) in [5.74, 6) is 0.416. The molecule has 2 aromatic carbocycles. The van der Waals surface area contributed by atoms with E-state index in [4.69, 9.17) is 4.74 Å². The van der Waals surface area contributed by atoms with Gasteiger partial charge in [-0.15, -0.1) is 0 Å². The molecule has 23 heavy (non-hydrogen) atoms. The van der Waals surface area contributed by atoms with E-state index >= 15 is 0 Å². The summed E-state index contributed by atoms with van der Waals surface area (Å²) in [6, 6.07) is 8.67. The minimum atomic E-state index is -2.75. The topological polar surface area (TPSA) is 72.5 Å². The van der Waals surface area contributed by atoms with Crippen LogP contribution in [0.2, 0.25) is 0 Å². The number of carbonyl (C=O) groups excluding carboxylic acids is 1. The molecule has 0 aliphatic carbocycles. The summed E-state index contributed by atoms with van der Waals surface area (Å²) in [5.41, 5.74) is 3.36. The van der Waals surface area contributed by atoms with Gasteiger partial charge in [-0.25, -0.2) is 13.2 Å². The van der Waals surface area contributed by atoms with Gasteiger partial charge in [-0.2, -0.15) is 0 Å². The Morgan fingerprint density at radius 3 is 2.09 bits per heavy atom. The van der Waals surface area contributed by atoms with Crippen molar-refractivity contribution in [2.75, 3.05) is 5.32 Å². The lowest BCUT2D eigenvalue weighted by molar-refractivity contribution is 0.215. The molecule has 2 rings (SSSR count). The van der Waals surface area contributed by atoms with Gasteiger partial charge in [0.1, 0.15) is 5.75 Å². The third-order valence-corrected chi connectivity index (χ3v) is 4.98. The lowest BCUT2D eigenvalue weighted by Gasteiger charge is -2.18. The van der Waals surface area contributed by atoms with Crippen molar-refractivity contribution in [2.24, 2.45) is 0 Å². The van der Waals surface area contributed by atoms with Gasteiger partial charge in [-0.1, -0.05) is 18.2 Å². The molecule has 0 fully saturated rings. The first-order valence-corrected chi connectivity index (χ1v) is 8.29. The molecule has 0 atom stereocenters. The second-order valence-electron chi connectivity index (χ2n) is 5.31. The van der Waals surface area contributed by atoms with Crippen LogP contribution in [0.15, 0.2) is 35.2 Å². The van der Waals surface area contributed by atoms with E-state index in [9.17, 15) is 13.2 Å². The summed E-state index contributed by atoms with van der Waals surface area (Å²) in [6.07, 6.45) is -0.655. The van der Waals surface area contributed by atoms with Gasteiger partial charge in [-0.05, 0) is 62.1 Å². The van der Waals surface area contributed by atoms with E-state index in [1.54, 1.807) is 38.1 Å². The van der Waals surface area contributed by atoms with E-state index in [0.717, 1.165) is 11.1 Å². The van der Waals surface area contributed by atoms with Crippen LogP contribution in [0.3, 0.4) is 0 Å². The Hall–Kier alpha value is -2.34. The summed E-state index contributed by atoms with van der Waals surface area (Å²) < 4.78 is 28.3. The van der Waals surface area contributed by atoms with Crippen molar-refractivity contribution in [2.45, 2.75) is 32.6 Å². The number of thiol groups is 1. The number of rotatable bonds is 3. The Balaban J connectivity index is 2.38. The predicted octanol–water partition coefficient (Wildman–Crippen LogP) is 3.50. The molecule has 122 valence electrons. The maximum absolute atomic E-state index is 12.1. The lowest BCUT2D eigenvalue weighted by atomic mass is 9.98. The summed E-state index contributed by atoms with van der Waals surface area (Å²) in [5, 5.41) is 2.66. The third kappa shape index (κ3) is 3.53. The Labute approximate surface area is 137 Å². The van der Waals surface area contributed by atoms with Gasteiger partial charge < -0.3 is 4.74 Å². The fourth-order valence-electron chi connectivity index (χ4n) is 2.51. The highest BCUT2D eigenvalue weighted by atomic mass is 32.2. The van der Waals surface area contributed by atoms with E-state index in [1.807, 2.05) is 19.9 Å². The van der Waals surface area contributed by atoms with Crippen LogP contribution in [0.5, 0.6) is 5.75 Å². The first-order valence-electron chi connectivity index (χ1n) is 7.11. The van der Waals surface area contributed by atoms with Crippen molar-refractivity contribution >= 4 is 22.5 Å². The molecule has 0 saturated carbocycles. The molecule has 0 unspecified atom stereocenters. The highest BCUT2D eigenvalue weighted by molar-refractivity contribution is 7.72. The van der Waals surface area contributed by atoms with Gasteiger partial charge in [-0.3, -0.25) is 5.32 Å². The molecule has 6 heteroatoms. The minimum Gasteiger partial charge on any atom is -0.410 e. The van der Waals surface area contributed by atoms with E-state index in [1.165, 1.54) is 0 Å². The fourth-order valence-corrected chi connectivity index (χ4v) is 3.34. The van der Waals surface area contributed by atoms with Crippen molar-refractivity contribution in [3.63, 3.8) is 0 Å². The van der Waals surface area contributed by atoms with Gasteiger partial charge in [0.2, 0.25) is 0 Å². The zero-order chi connectivity index (χ0) is 17.1. The quantitative estimate of drug-likeness (QED) is 0.843. The Morgan fingerprint density at radius 2 is 1.52 bits per heavy atom. The van der Waals surface area contributed by atoms with Crippen LogP contribution >= 0.6 is 0 Å². The van der Waals surface area contributed by atoms with Crippen LogP contribution < -0.4 is 10.1 Å². The molecule has 0 radical (unpaired) electrons. The summed E-state index contributed by atoms with van der Waals surface area (Å²) in [4.78, 5) is 12.3. The van der Waals surface area contributed by atoms with Crippen LogP contribution in [-0.2, 0) is 10.7 Å². The summed E-state index contributed by atoms with van der Waals surface area (Å²) in [6.45, 7) is 7.12. The number of para-hydroxylation sites is 1. The third-order valence-electron chi connectivity index (χ3n) is 3.95. The van der Waals surface area contributed by atoms with Crippen LogP contribution in [0.4, 0.5) is 10.5 Å². The molecule has 1 amide bonds. The number of amides is 1. The largest absolute Gasteiger partial charge is 0.417 e. The van der Waals surface area contributed by atoms with Crippen molar-refractivity contribution in [1.29, 1.82) is 0 Å². The second-order valence-corrected chi connectivity index (χ2v) is 6.27. The van der Waals surface area contributed by atoms with Crippen molar-refractivity contribution in [3.05, 3.63) is 52.6 Å². The predicted molar refractivity (Wildman–Crippen MR) is 90.1 cm³/mol. The van der Waals surface area contributed by atoms with Gasteiger partial charge in [0.25, 0.3) is 0 Å². The number of ether oxygens (including phenoxy) is 1. The number of nitrogens with one attached hydrogen (secondary N) is 1. The van der Waals surface area contributed by atoms with Gasteiger partial charge >= 0.3 is 6.09 Å². The van der Waals surface area contributed by atoms with Crippen LogP contribution in [-0.4, -0.2) is 14.5 Å². The number of hydrogen-bond donors (Lipinski definition) is 2. The molecular formula is C17H19NO4S. The van der Waals surface area contributed by atoms with Crippen LogP contribution in [0.1, 0.15) is 22.3 Å². The smallest absolute Gasteiger partial charge is 0.410 e. The van der Waals surface area contributed by atoms with E-state index < -0.39 is 16.8 Å². The average Bonchev–Trinajstić information content (AvgIpc) is 2.50. The van der Waals surface area contributed by atoms with Crippen molar-refractivity contribution < 1.29 is 17.9 Å². The standard InChI is InChI=1S/C17H19NO4S/c1-10-11(2)15(13(4)16(12(10)3)23(20)21)18-17(19)22-14-8-6-5-7-9-14/h5-9,23H,1-4H3,(H,18,19). The normalized spacial score (nSPS) is 10.7. The SMILES string of the molecule is Cc1c(C)c(NC(=O)Oc2ccccc2)c(C)c([SH](=O)=O)c1C. The zero-order valence-electron chi connectivity index (χ0n) is 13.5. The average molecular weight is 333 g/mol. The van der Waals surface area contributed by atoms with Gasteiger partial charge in [0.05, 0.1) is 10.6 Å². The van der Waals surface area contributed by atoms with E-state index in [-0.39, 0.29) is 4.90 Å². The molecule has 0 spiro atoms. The Kier molecular flexibility index (Phi) is 5.05. The molecular weight excluding hydrogens is 314 g/mol.